The lowest BCUT2D eigenvalue weighted by atomic mass is 10.2. The van der Waals surface area contributed by atoms with Crippen LogP contribution in [0.1, 0.15) is 19.4 Å². The molecular formula is C22H21ClN2O3S. The Morgan fingerprint density at radius 2 is 1.93 bits per heavy atom. The molecule has 3 aromatic rings. The first-order valence-corrected chi connectivity index (χ1v) is 10.3. The van der Waals surface area contributed by atoms with Crippen LogP contribution < -0.4 is 14.8 Å². The summed E-state index contributed by atoms with van der Waals surface area (Å²) in [5.41, 5.74) is 2.56. The van der Waals surface area contributed by atoms with E-state index in [4.69, 9.17) is 21.1 Å². The number of nitrogens with zero attached hydrogens (tertiary/aromatic N) is 1. The van der Waals surface area contributed by atoms with E-state index in [1.54, 1.807) is 13.2 Å². The van der Waals surface area contributed by atoms with Crippen LogP contribution in [0.2, 0.25) is 5.02 Å². The number of nitrogens with one attached hydrogen (secondary N) is 1. The quantitative estimate of drug-likeness (QED) is 0.475. The van der Waals surface area contributed by atoms with Crippen molar-refractivity contribution in [3.63, 3.8) is 0 Å². The molecule has 0 aliphatic heterocycles. The van der Waals surface area contributed by atoms with Crippen molar-refractivity contribution in [1.29, 1.82) is 0 Å². The van der Waals surface area contributed by atoms with Gasteiger partial charge in [-0.1, -0.05) is 29.8 Å². The number of amides is 1. The summed E-state index contributed by atoms with van der Waals surface area (Å²) < 4.78 is 11.1. The van der Waals surface area contributed by atoms with Crippen molar-refractivity contribution in [2.24, 2.45) is 0 Å². The van der Waals surface area contributed by atoms with E-state index in [9.17, 15) is 4.79 Å². The van der Waals surface area contributed by atoms with Crippen molar-refractivity contribution in [3.05, 3.63) is 64.5 Å². The fourth-order valence-electron chi connectivity index (χ4n) is 2.54. The van der Waals surface area contributed by atoms with Gasteiger partial charge in [-0.15, -0.1) is 11.3 Å². The highest BCUT2D eigenvalue weighted by Gasteiger charge is 2.08. The summed E-state index contributed by atoms with van der Waals surface area (Å²) in [7, 11) is 1.59. The summed E-state index contributed by atoms with van der Waals surface area (Å²) >= 11 is 7.28. The Hall–Kier alpha value is -2.83. The second kappa shape index (κ2) is 9.58. The Labute approximate surface area is 179 Å². The van der Waals surface area contributed by atoms with Crippen LogP contribution in [0.15, 0.2) is 53.9 Å². The molecule has 0 aliphatic rings. The highest BCUT2D eigenvalue weighted by molar-refractivity contribution is 7.14. The van der Waals surface area contributed by atoms with Gasteiger partial charge in [-0.05, 0) is 49.8 Å². The van der Waals surface area contributed by atoms with E-state index in [-0.39, 0.29) is 12.0 Å². The Balaban J connectivity index is 1.65. The zero-order valence-electron chi connectivity index (χ0n) is 16.3. The molecule has 2 aromatic carbocycles. The summed E-state index contributed by atoms with van der Waals surface area (Å²) in [5, 5.41) is 5.87. The summed E-state index contributed by atoms with van der Waals surface area (Å²) in [6.07, 6.45) is 3.22. The predicted octanol–water partition coefficient (Wildman–Crippen LogP) is 5.91. The van der Waals surface area contributed by atoms with Crippen LogP contribution in [0.25, 0.3) is 17.3 Å². The molecule has 0 atom stereocenters. The maximum atomic E-state index is 12.2. The number of thiazole rings is 1. The number of aromatic nitrogens is 1. The molecule has 1 heterocycles. The molecule has 1 N–H and O–H groups in total. The molecule has 0 bridgehead atoms. The lowest BCUT2D eigenvalue weighted by Gasteiger charge is -2.13. The third-order valence-corrected chi connectivity index (χ3v) is 4.86. The van der Waals surface area contributed by atoms with Gasteiger partial charge in [-0.25, -0.2) is 4.98 Å². The molecule has 7 heteroatoms. The molecule has 0 aliphatic carbocycles. The summed E-state index contributed by atoms with van der Waals surface area (Å²) in [4.78, 5) is 16.7. The molecule has 0 fully saturated rings. The van der Waals surface area contributed by atoms with Gasteiger partial charge in [-0.2, -0.15) is 0 Å². The van der Waals surface area contributed by atoms with Crippen LogP contribution >= 0.6 is 22.9 Å². The number of carbonyl (C=O) groups is 1. The Bertz CT molecular complexity index is 1010. The van der Waals surface area contributed by atoms with Crippen LogP contribution in [0.5, 0.6) is 11.5 Å². The number of benzene rings is 2. The van der Waals surface area contributed by atoms with E-state index in [0.717, 1.165) is 16.8 Å². The fraction of sp³-hybridized carbons (Fsp3) is 0.182. The average Bonchev–Trinajstić information content (AvgIpc) is 3.15. The minimum Gasteiger partial charge on any atom is -0.493 e. The van der Waals surface area contributed by atoms with E-state index in [1.807, 2.05) is 61.7 Å². The van der Waals surface area contributed by atoms with Crippen molar-refractivity contribution in [2.75, 3.05) is 12.4 Å². The highest BCUT2D eigenvalue weighted by atomic mass is 35.5. The standard InChI is InChI=1S/C22H21ClN2O3S/c1-14(2)28-19-10-4-15(12-20(19)27-3)5-11-21(26)25-22-24-18(13-29-22)16-6-8-17(23)9-7-16/h4-14H,1-3H3,(H,24,25,26)/b11-5+. The molecule has 5 nitrogen and oxygen atoms in total. The van der Waals surface area contributed by atoms with Gasteiger partial charge in [0.05, 0.1) is 18.9 Å². The normalized spacial score (nSPS) is 11.1. The van der Waals surface area contributed by atoms with Crippen LogP contribution in [0, 0.1) is 0 Å². The van der Waals surface area contributed by atoms with Crippen LogP contribution in [-0.2, 0) is 4.79 Å². The van der Waals surface area contributed by atoms with Crippen LogP contribution in [-0.4, -0.2) is 24.1 Å². The smallest absolute Gasteiger partial charge is 0.250 e. The Kier molecular flexibility index (Phi) is 6.90. The third kappa shape index (κ3) is 5.82. The number of rotatable bonds is 7. The molecule has 3 rings (SSSR count). The van der Waals surface area contributed by atoms with E-state index < -0.39 is 0 Å². The van der Waals surface area contributed by atoms with Gasteiger partial charge in [0.1, 0.15) is 0 Å². The topological polar surface area (TPSA) is 60.5 Å². The van der Waals surface area contributed by atoms with E-state index >= 15 is 0 Å². The lowest BCUT2D eigenvalue weighted by Crippen LogP contribution is -2.07. The molecule has 0 unspecified atom stereocenters. The number of hydrogen-bond acceptors (Lipinski definition) is 5. The number of hydrogen-bond donors (Lipinski definition) is 1. The van der Waals surface area contributed by atoms with Crippen molar-refractivity contribution < 1.29 is 14.3 Å². The molecule has 150 valence electrons. The maximum Gasteiger partial charge on any atom is 0.250 e. The third-order valence-electron chi connectivity index (χ3n) is 3.85. The predicted molar refractivity (Wildman–Crippen MR) is 119 cm³/mol. The Morgan fingerprint density at radius 3 is 2.62 bits per heavy atom. The number of carbonyl (C=O) groups excluding carboxylic acids is 1. The summed E-state index contributed by atoms with van der Waals surface area (Å²) in [6.45, 7) is 3.91. The maximum absolute atomic E-state index is 12.2. The zero-order valence-corrected chi connectivity index (χ0v) is 17.9. The number of anilines is 1. The highest BCUT2D eigenvalue weighted by Crippen LogP contribution is 2.29. The van der Waals surface area contributed by atoms with Crippen molar-refractivity contribution in [2.45, 2.75) is 20.0 Å². The van der Waals surface area contributed by atoms with Gasteiger partial charge in [-0.3, -0.25) is 10.1 Å². The monoisotopic (exact) mass is 428 g/mol. The number of halogens is 1. The number of methoxy groups -OCH3 is 1. The van der Waals surface area contributed by atoms with Gasteiger partial charge in [0, 0.05) is 22.0 Å². The van der Waals surface area contributed by atoms with Crippen molar-refractivity contribution in [1.82, 2.24) is 4.98 Å². The van der Waals surface area contributed by atoms with Gasteiger partial charge in [0.2, 0.25) is 5.91 Å². The summed E-state index contributed by atoms with van der Waals surface area (Å²) in [5.74, 6) is 1.03. The molecule has 0 spiro atoms. The van der Waals surface area contributed by atoms with E-state index in [2.05, 4.69) is 10.3 Å². The van der Waals surface area contributed by atoms with Crippen molar-refractivity contribution >= 4 is 40.1 Å². The number of ether oxygens (including phenoxy) is 2. The van der Waals surface area contributed by atoms with Gasteiger partial charge in [0.25, 0.3) is 0 Å². The van der Waals surface area contributed by atoms with Crippen LogP contribution in [0.3, 0.4) is 0 Å². The molecular weight excluding hydrogens is 408 g/mol. The minimum absolute atomic E-state index is 0.0483. The second-order valence-electron chi connectivity index (χ2n) is 6.44. The minimum atomic E-state index is -0.261. The van der Waals surface area contributed by atoms with Gasteiger partial charge < -0.3 is 9.47 Å². The van der Waals surface area contributed by atoms with Crippen molar-refractivity contribution in [3.8, 4) is 22.8 Å². The molecule has 0 saturated carbocycles. The average molecular weight is 429 g/mol. The fourth-order valence-corrected chi connectivity index (χ4v) is 3.39. The van der Waals surface area contributed by atoms with E-state index in [0.29, 0.717) is 21.7 Å². The van der Waals surface area contributed by atoms with Gasteiger partial charge in [0.15, 0.2) is 16.6 Å². The first-order valence-electron chi connectivity index (χ1n) is 9.00. The van der Waals surface area contributed by atoms with Crippen LogP contribution in [0.4, 0.5) is 5.13 Å². The molecule has 0 saturated heterocycles. The van der Waals surface area contributed by atoms with Gasteiger partial charge >= 0.3 is 0 Å². The molecule has 0 radical (unpaired) electrons. The zero-order chi connectivity index (χ0) is 20.8. The molecule has 1 amide bonds. The first-order chi connectivity index (χ1) is 13.9. The largest absolute Gasteiger partial charge is 0.493 e. The van der Waals surface area contributed by atoms with E-state index in [1.165, 1.54) is 17.4 Å². The Morgan fingerprint density at radius 1 is 1.17 bits per heavy atom. The summed E-state index contributed by atoms with van der Waals surface area (Å²) in [6, 6.07) is 12.9. The SMILES string of the molecule is COc1cc(/C=C/C(=O)Nc2nc(-c3ccc(Cl)cc3)cs2)ccc1OC(C)C. The second-order valence-corrected chi connectivity index (χ2v) is 7.74. The molecule has 29 heavy (non-hydrogen) atoms. The first kappa shape index (κ1) is 20.9. The molecule has 1 aromatic heterocycles. The lowest BCUT2D eigenvalue weighted by molar-refractivity contribution is -0.111.